The Morgan fingerprint density at radius 3 is 2.59 bits per heavy atom. The summed E-state index contributed by atoms with van der Waals surface area (Å²) in [5.41, 5.74) is 2.91. The van der Waals surface area contributed by atoms with Crippen molar-refractivity contribution in [2.24, 2.45) is 0 Å². The zero-order valence-corrected chi connectivity index (χ0v) is 16.6. The van der Waals surface area contributed by atoms with Gasteiger partial charge in [0.2, 0.25) is 5.78 Å². The maximum Gasteiger partial charge on any atom is 0.204 e. The molecule has 0 aliphatic rings. The van der Waals surface area contributed by atoms with E-state index >= 15 is 0 Å². The van der Waals surface area contributed by atoms with E-state index in [4.69, 9.17) is 16.3 Å². The van der Waals surface area contributed by atoms with Gasteiger partial charge in [-0.15, -0.1) is 11.3 Å². The van der Waals surface area contributed by atoms with Crippen LogP contribution in [0.25, 0.3) is 10.2 Å². The Morgan fingerprint density at radius 1 is 1.11 bits per heavy atom. The minimum Gasteiger partial charge on any atom is -0.497 e. The van der Waals surface area contributed by atoms with Crippen molar-refractivity contribution in [2.75, 3.05) is 7.11 Å². The first-order valence-electron chi connectivity index (χ1n) is 8.58. The maximum atomic E-state index is 13.0. The van der Waals surface area contributed by atoms with Crippen LogP contribution < -0.4 is 4.74 Å². The van der Waals surface area contributed by atoms with Crippen molar-refractivity contribution in [2.45, 2.75) is 13.5 Å². The second-order valence-electron chi connectivity index (χ2n) is 6.40. The first-order chi connectivity index (χ1) is 13.1. The molecule has 0 atom stereocenters. The van der Waals surface area contributed by atoms with Crippen LogP contribution >= 0.6 is 22.9 Å². The highest BCUT2D eigenvalue weighted by Crippen LogP contribution is 2.33. The molecule has 0 amide bonds. The van der Waals surface area contributed by atoms with E-state index in [2.05, 4.69) is 29.7 Å². The number of hydrogen-bond donors (Lipinski definition) is 0. The Labute approximate surface area is 166 Å². The number of nitrogens with zero attached hydrogens (tertiary/aromatic N) is 1. The van der Waals surface area contributed by atoms with Gasteiger partial charge in [0.25, 0.3) is 0 Å². The van der Waals surface area contributed by atoms with Gasteiger partial charge in [-0.05, 0) is 42.8 Å². The number of aryl methyl sites for hydroxylation is 1. The van der Waals surface area contributed by atoms with Gasteiger partial charge in [0.1, 0.15) is 10.6 Å². The number of fused-ring (bicyclic) bond motifs is 1. The van der Waals surface area contributed by atoms with E-state index in [1.54, 1.807) is 25.3 Å². The third-order valence-corrected chi connectivity index (χ3v) is 6.09. The molecule has 4 rings (SSSR count). The second-order valence-corrected chi connectivity index (χ2v) is 7.84. The van der Waals surface area contributed by atoms with Crippen LogP contribution in [0.3, 0.4) is 0 Å². The lowest BCUT2D eigenvalue weighted by molar-refractivity contribution is 0.104. The number of carbonyl (C=O) groups is 1. The van der Waals surface area contributed by atoms with Crippen LogP contribution in [0.2, 0.25) is 5.02 Å². The summed E-state index contributed by atoms with van der Waals surface area (Å²) < 4.78 is 7.41. The van der Waals surface area contributed by atoms with Crippen LogP contribution in [0.4, 0.5) is 0 Å². The number of hydrogen-bond acceptors (Lipinski definition) is 3. The van der Waals surface area contributed by atoms with Gasteiger partial charge < -0.3 is 9.30 Å². The summed E-state index contributed by atoms with van der Waals surface area (Å²) in [5.74, 6) is 0.575. The first kappa shape index (κ1) is 17.8. The van der Waals surface area contributed by atoms with Crippen molar-refractivity contribution < 1.29 is 9.53 Å². The largest absolute Gasteiger partial charge is 0.497 e. The number of halogens is 1. The second kappa shape index (κ2) is 7.22. The fraction of sp³-hybridized carbons (Fsp3) is 0.136. The molecule has 0 aliphatic carbocycles. The molecule has 2 aromatic heterocycles. The van der Waals surface area contributed by atoms with E-state index in [1.165, 1.54) is 22.6 Å². The smallest absolute Gasteiger partial charge is 0.204 e. The summed E-state index contributed by atoms with van der Waals surface area (Å²) in [5, 5.41) is 1.49. The Kier molecular flexibility index (Phi) is 4.77. The fourth-order valence-electron chi connectivity index (χ4n) is 3.19. The van der Waals surface area contributed by atoms with Crippen molar-refractivity contribution >= 4 is 38.9 Å². The topological polar surface area (TPSA) is 31.2 Å². The molecule has 0 aliphatic heterocycles. The minimum atomic E-state index is -0.0623. The predicted molar refractivity (Wildman–Crippen MR) is 112 cm³/mol. The van der Waals surface area contributed by atoms with E-state index in [0.717, 1.165) is 16.8 Å². The van der Waals surface area contributed by atoms with E-state index in [1.807, 2.05) is 24.3 Å². The zero-order chi connectivity index (χ0) is 19.0. The molecular weight excluding hydrogens is 378 g/mol. The number of rotatable bonds is 5. The number of ether oxygens (including phenoxy) is 1. The minimum absolute atomic E-state index is 0.0623. The molecular formula is C22H18ClNO2S. The van der Waals surface area contributed by atoms with Crippen LogP contribution in [0.5, 0.6) is 5.75 Å². The molecule has 2 heterocycles. The molecule has 0 bridgehead atoms. The highest BCUT2D eigenvalue weighted by molar-refractivity contribution is 7.20. The van der Waals surface area contributed by atoms with Crippen molar-refractivity contribution in [3.8, 4) is 5.75 Å². The van der Waals surface area contributed by atoms with Crippen molar-refractivity contribution in [1.82, 2.24) is 4.57 Å². The fourth-order valence-corrected chi connectivity index (χ4v) is 4.59. The van der Waals surface area contributed by atoms with Crippen LogP contribution in [0, 0.1) is 6.92 Å². The lowest BCUT2D eigenvalue weighted by Crippen LogP contribution is -2.01. The van der Waals surface area contributed by atoms with E-state index in [9.17, 15) is 4.79 Å². The van der Waals surface area contributed by atoms with Crippen LogP contribution in [-0.4, -0.2) is 17.5 Å². The Hall–Kier alpha value is -2.56. The molecule has 27 heavy (non-hydrogen) atoms. The average molecular weight is 396 g/mol. The molecule has 0 saturated heterocycles. The standard InChI is InChI=1S/C22H18ClNO2S/c1-14-10-16-11-20(21(25)18-9-8-17(26-2)12-19(18)23)27-22(16)24(14)13-15-6-4-3-5-7-15/h3-12H,13H2,1-2H3. The van der Waals surface area contributed by atoms with Gasteiger partial charge in [0.15, 0.2) is 0 Å². The molecule has 0 fully saturated rings. The summed E-state index contributed by atoms with van der Waals surface area (Å²) in [6.07, 6.45) is 0. The molecule has 4 aromatic rings. The summed E-state index contributed by atoms with van der Waals surface area (Å²) in [4.78, 5) is 14.8. The molecule has 0 unspecified atom stereocenters. The van der Waals surface area contributed by atoms with Crippen LogP contribution in [0.1, 0.15) is 26.5 Å². The third-order valence-electron chi connectivity index (χ3n) is 4.60. The number of methoxy groups -OCH3 is 1. The Bertz CT molecular complexity index is 1130. The molecule has 136 valence electrons. The number of thiophene rings is 1. The summed E-state index contributed by atoms with van der Waals surface area (Å²) in [6.45, 7) is 2.88. The maximum absolute atomic E-state index is 13.0. The van der Waals surface area contributed by atoms with Crippen molar-refractivity contribution in [3.63, 3.8) is 0 Å². The van der Waals surface area contributed by atoms with Gasteiger partial charge in [-0.25, -0.2) is 0 Å². The predicted octanol–water partition coefficient (Wildman–Crippen LogP) is 5.95. The third kappa shape index (κ3) is 3.38. The molecule has 0 N–H and O–H groups in total. The molecule has 2 aromatic carbocycles. The normalized spacial score (nSPS) is 11.1. The molecule has 3 nitrogen and oxygen atoms in total. The highest BCUT2D eigenvalue weighted by Gasteiger charge is 2.19. The quantitative estimate of drug-likeness (QED) is 0.391. The number of carbonyl (C=O) groups excluding carboxylic acids is 1. The number of ketones is 1. The van der Waals surface area contributed by atoms with Gasteiger partial charge >= 0.3 is 0 Å². The highest BCUT2D eigenvalue weighted by atomic mass is 35.5. The average Bonchev–Trinajstić information content (AvgIpc) is 3.21. The Morgan fingerprint density at radius 2 is 1.89 bits per heavy atom. The van der Waals surface area contributed by atoms with E-state index in [-0.39, 0.29) is 5.78 Å². The van der Waals surface area contributed by atoms with Gasteiger partial charge in [0.05, 0.1) is 17.0 Å². The molecule has 0 radical (unpaired) electrons. The van der Waals surface area contributed by atoms with E-state index < -0.39 is 0 Å². The molecule has 5 heteroatoms. The summed E-state index contributed by atoms with van der Waals surface area (Å²) in [7, 11) is 1.58. The summed E-state index contributed by atoms with van der Waals surface area (Å²) in [6, 6.07) is 19.6. The van der Waals surface area contributed by atoms with Gasteiger partial charge in [-0.2, -0.15) is 0 Å². The number of aromatic nitrogens is 1. The lowest BCUT2D eigenvalue weighted by Gasteiger charge is -2.07. The Balaban J connectivity index is 1.71. The SMILES string of the molecule is COc1ccc(C(=O)c2cc3cc(C)n(Cc4ccccc4)c3s2)c(Cl)c1. The summed E-state index contributed by atoms with van der Waals surface area (Å²) >= 11 is 7.80. The van der Waals surface area contributed by atoms with Crippen LogP contribution in [-0.2, 0) is 6.54 Å². The lowest BCUT2D eigenvalue weighted by atomic mass is 10.1. The molecule has 0 spiro atoms. The number of benzene rings is 2. The van der Waals surface area contributed by atoms with Gasteiger partial charge in [-0.3, -0.25) is 4.79 Å². The zero-order valence-electron chi connectivity index (χ0n) is 15.0. The van der Waals surface area contributed by atoms with Crippen molar-refractivity contribution in [3.05, 3.63) is 87.4 Å². The van der Waals surface area contributed by atoms with Gasteiger partial charge in [-0.1, -0.05) is 41.9 Å². The van der Waals surface area contributed by atoms with Crippen molar-refractivity contribution in [1.29, 1.82) is 0 Å². The first-order valence-corrected chi connectivity index (χ1v) is 9.78. The van der Waals surface area contributed by atoms with Crippen LogP contribution in [0.15, 0.2) is 60.7 Å². The molecule has 0 saturated carbocycles. The van der Waals surface area contributed by atoms with Gasteiger partial charge in [0, 0.05) is 23.2 Å². The van der Waals surface area contributed by atoms with E-state index in [0.29, 0.717) is 21.2 Å². The monoisotopic (exact) mass is 395 g/mol.